The summed E-state index contributed by atoms with van der Waals surface area (Å²) in [7, 11) is -3.64. The van der Waals surface area contributed by atoms with E-state index in [1.165, 1.54) is 39.4 Å². The molecule has 1 N–H and O–H groups in total. The van der Waals surface area contributed by atoms with Crippen molar-refractivity contribution in [2.75, 3.05) is 31.6 Å². The highest BCUT2D eigenvalue weighted by Gasteiger charge is 2.27. The maximum Gasteiger partial charge on any atom is 0.320 e. The predicted molar refractivity (Wildman–Crippen MR) is 98.5 cm³/mol. The van der Waals surface area contributed by atoms with Crippen molar-refractivity contribution in [2.45, 2.75) is 18.4 Å². The lowest BCUT2D eigenvalue weighted by Gasteiger charge is -2.26. The lowest BCUT2D eigenvalue weighted by atomic mass is 10.3. The molecule has 0 unspecified atom stereocenters. The molecule has 1 fully saturated rings. The lowest BCUT2D eigenvalue weighted by Crippen LogP contribution is -2.40. The van der Waals surface area contributed by atoms with Crippen LogP contribution in [-0.4, -0.2) is 59.6 Å². The van der Waals surface area contributed by atoms with Gasteiger partial charge in [0.15, 0.2) is 0 Å². The number of hydrogen-bond acceptors (Lipinski definition) is 7. The van der Waals surface area contributed by atoms with Crippen molar-refractivity contribution in [3.63, 3.8) is 0 Å². The number of ether oxygens (including phenoxy) is 1. The monoisotopic (exact) mass is 409 g/mol. The van der Waals surface area contributed by atoms with Crippen LogP contribution in [0.15, 0.2) is 35.4 Å². The predicted octanol–water partition coefficient (Wildman–Crippen LogP) is 1.08. The summed E-state index contributed by atoms with van der Waals surface area (Å²) in [6, 6.07) is 5.60. The smallest absolute Gasteiger partial charge is 0.320 e. The summed E-state index contributed by atoms with van der Waals surface area (Å²) in [5, 5.41) is 17.5. The topological polar surface area (TPSA) is 137 Å². The molecule has 1 aliphatic rings. The molecule has 12 heteroatoms. The van der Waals surface area contributed by atoms with Crippen molar-refractivity contribution in [2.24, 2.45) is 0 Å². The van der Waals surface area contributed by atoms with Crippen LogP contribution in [0.4, 0.5) is 11.4 Å². The molecule has 0 radical (unpaired) electrons. The van der Waals surface area contributed by atoms with E-state index in [9.17, 15) is 23.3 Å². The molecule has 1 amide bonds. The molecule has 3 rings (SSSR count). The molecule has 0 atom stereocenters. The first-order chi connectivity index (χ1) is 13.3. The van der Waals surface area contributed by atoms with Gasteiger partial charge in [0.2, 0.25) is 15.7 Å². The van der Waals surface area contributed by atoms with E-state index in [1.807, 2.05) is 0 Å². The SMILES string of the molecule is CCn1cc([N+](=O)[O-])c(C(=O)Nc2ccc(S(=O)(=O)N3CCOCC3)cc2)n1. The van der Waals surface area contributed by atoms with Gasteiger partial charge >= 0.3 is 5.69 Å². The minimum atomic E-state index is -3.64. The van der Waals surface area contributed by atoms with Crippen LogP contribution in [0.5, 0.6) is 0 Å². The lowest BCUT2D eigenvalue weighted by molar-refractivity contribution is -0.385. The van der Waals surface area contributed by atoms with Crippen LogP contribution in [0.3, 0.4) is 0 Å². The number of rotatable bonds is 6. The standard InChI is InChI=1S/C16H19N5O6S/c1-2-19-11-14(21(23)24)15(18-19)16(22)17-12-3-5-13(6-4-12)28(25,26)20-7-9-27-10-8-20/h3-6,11H,2,7-10H2,1H3,(H,17,22). The second-order valence-corrected chi connectivity index (χ2v) is 7.91. The second-order valence-electron chi connectivity index (χ2n) is 5.97. The van der Waals surface area contributed by atoms with Crippen LogP contribution in [0, 0.1) is 10.1 Å². The molecule has 0 saturated carbocycles. The molecule has 0 aliphatic carbocycles. The summed E-state index contributed by atoms with van der Waals surface area (Å²) >= 11 is 0. The number of nitrogens with one attached hydrogen (secondary N) is 1. The Balaban J connectivity index is 1.77. The van der Waals surface area contributed by atoms with Crippen LogP contribution >= 0.6 is 0 Å². The average Bonchev–Trinajstić information content (AvgIpc) is 3.14. The third-order valence-electron chi connectivity index (χ3n) is 4.20. The fraction of sp³-hybridized carbons (Fsp3) is 0.375. The molecule has 0 bridgehead atoms. The quantitative estimate of drug-likeness (QED) is 0.557. The van der Waals surface area contributed by atoms with Gasteiger partial charge in [0.05, 0.1) is 23.0 Å². The molecule has 150 valence electrons. The molecule has 2 heterocycles. The minimum Gasteiger partial charge on any atom is -0.379 e. The average molecular weight is 409 g/mol. The Morgan fingerprint density at radius 1 is 1.29 bits per heavy atom. The van der Waals surface area contributed by atoms with Crippen LogP contribution in [0.2, 0.25) is 0 Å². The molecule has 2 aromatic rings. The number of hydrogen-bond donors (Lipinski definition) is 1. The van der Waals surface area contributed by atoms with E-state index in [0.717, 1.165) is 0 Å². The van der Waals surface area contributed by atoms with E-state index in [4.69, 9.17) is 4.74 Å². The van der Waals surface area contributed by atoms with Crippen LogP contribution in [0.1, 0.15) is 17.4 Å². The van der Waals surface area contributed by atoms with Crippen molar-refractivity contribution in [1.82, 2.24) is 14.1 Å². The molecule has 0 spiro atoms. The Bertz CT molecular complexity index is 979. The number of aryl methyl sites for hydroxylation is 1. The highest BCUT2D eigenvalue weighted by Crippen LogP contribution is 2.21. The van der Waals surface area contributed by atoms with Gasteiger partial charge in [-0.2, -0.15) is 9.40 Å². The fourth-order valence-electron chi connectivity index (χ4n) is 2.70. The summed E-state index contributed by atoms with van der Waals surface area (Å²) in [6.07, 6.45) is 1.19. The van der Waals surface area contributed by atoms with E-state index < -0.39 is 26.5 Å². The van der Waals surface area contributed by atoms with Gasteiger partial charge in [0, 0.05) is 25.3 Å². The van der Waals surface area contributed by atoms with Gasteiger partial charge in [-0.25, -0.2) is 8.42 Å². The van der Waals surface area contributed by atoms with Gasteiger partial charge in [-0.1, -0.05) is 0 Å². The molecule has 11 nitrogen and oxygen atoms in total. The summed E-state index contributed by atoms with van der Waals surface area (Å²) in [4.78, 5) is 22.9. The first kappa shape index (κ1) is 19.9. The van der Waals surface area contributed by atoms with E-state index in [0.29, 0.717) is 25.4 Å². The molecule has 1 aromatic heterocycles. The third kappa shape index (κ3) is 4.03. The molecular weight excluding hydrogens is 390 g/mol. The highest BCUT2D eigenvalue weighted by molar-refractivity contribution is 7.89. The first-order valence-electron chi connectivity index (χ1n) is 8.54. The summed E-state index contributed by atoms with van der Waals surface area (Å²) in [5.74, 6) is -0.748. The van der Waals surface area contributed by atoms with Gasteiger partial charge in [-0.3, -0.25) is 19.6 Å². The van der Waals surface area contributed by atoms with E-state index in [2.05, 4.69) is 10.4 Å². The van der Waals surface area contributed by atoms with Gasteiger partial charge in [0.25, 0.3) is 5.91 Å². The number of nitrogens with zero attached hydrogens (tertiary/aromatic N) is 4. The number of morpholine rings is 1. The van der Waals surface area contributed by atoms with Crippen molar-refractivity contribution < 1.29 is 22.9 Å². The zero-order chi connectivity index (χ0) is 20.3. The second kappa shape index (κ2) is 8.04. The number of amides is 1. The Labute approximate surface area is 161 Å². The van der Waals surface area contributed by atoms with E-state index >= 15 is 0 Å². The van der Waals surface area contributed by atoms with Gasteiger partial charge in [0.1, 0.15) is 6.20 Å². The van der Waals surface area contributed by atoms with Crippen LogP contribution in [-0.2, 0) is 21.3 Å². The van der Waals surface area contributed by atoms with E-state index in [1.54, 1.807) is 6.92 Å². The number of sulfonamides is 1. The minimum absolute atomic E-state index is 0.0913. The van der Waals surface area contributed by atoms with Crippen LogP contribution in [0.25, 0.3) is 0 Å². The van der Waals surface area contributed by atoms with Crippen molar-refractivity contribution >= 4 is 27.3 Å². The Morgan fingerprint density at radius 3 is 2.50 bits per heavy atom. The Kier molecular flexibility index (Phi) is 5.72. The largest absolute Gasteiger partial charge is 0.379 e. The fourth-order valence-corrected chi connectivity index (χ4v) is 4.11. The summed E-state index contributed by atoms with van der Waals surface area (Å²) in [5.41, 5.74) is -0.408. The Hall–Kier alpha value is -2.83. The maximum atomic E-state index is 12.6. The van der Waals surface area contributed by atoms with Crippen molar-refractivity contribution in [1.29, 1.82) is 0 Å². The third-order valence-corrected chi connectivity index (χ3v) is 6.11. The molecule has 1 saturated heterocycles. The molecular formula is C16H19N5O6S. The highest BCUT2D eigenvalue weighted by atomic mass is 32.2. The normalized spacial score (nSPS) is 15.3. The maximum absolute atomic E-state index is 12.6. The zero-order valence-corrected chi connectivity index (χ0v) is 15.9. The molecule has 28 heavy (non-hydrogen) atoms. The zero-order valence-electron chi connectivity index (χ0n) is 15.1. The number of carbonyl (C=O) groups is 1. The summed E-state index contributed by atoms with van der Waals surface area (Å²) in [6.45, 7) is 3.37. The van der Waals surface area contributed by atoms with Crippen molar-refractivity contribution in [3.05, 3.63) is 46.3 Å². The molecule has 1 aromatic carbocycles. The van der Waals surface area contributed by atoms with E-state index in [-0.39, 0.29) is 23.7 Å². The molecule has 1 aliphatic heterocycles. The Morgan fingerprint density at radius 2 is 1.93 bits per heavy atom. The van der Waals surface area contributed by atoms with Gasteiger partial charge in [-0.05, 0) is 31.2 Å². The van der Waals surface area contributed by atoms with Crippen molar-refractivity contribution in [3.8, 4) is 0 Å². The van der Waals surface area contributed by atoms with Gasteiger partial charge < -0.3 is 10.1 Å². The first-order valence-corrected chi connectivity index (χ1v) is 9.98. The number of aromatic nitrogens is 2. The van der Waals surface area contributed by atoms with Crippen LogP contribution < -0.4 is 5.32 Å². The number of nitro groups is 1. The summed E-state index contributed by atoms with van der Waals surface area (Å²) < 4.78 is 33.0. The number of anilines is 1. The number of benzene rings is 1. The number of carbonyl (C=O) groups excluding carboxylic acids is 1. The van der Waals surface area contributed by atoms with Gasteiger partial charge in [-0.15, -0.1) is 0 Å².